The fraction of sp³-hybridized carbons (Fsp3) is 0. The highest BCUT2D eigenvalue weighted by Gasteiger charge is 2.08. The van der Waals surface area contributed by atoms with Gasteiger partial charge in [0, 0.05) is 11.3 Å². The SMILES string of the molecule is Nc1cc(Cl)c(Cl)c(-c2ccc(F)cc2)c1. The lowest BCUT2D eigenvalue weighted by Crippen LogP contribution is -1.88. The summed E-state index contributed by atoms with van der Waals surface area (Å²) < 4.78 is 12.8. The number of benzene rings is 2. The van der Waals surface area contributed by atoms with Crippen LogP contribution in [0.25, 0.3) is 11.1 Å². The average molecular weight is 256 g/mol. The Bertz CT molecular complexity index is 523. The van der Waals surface area contributed by atoms with Crippen molar-refractivity contribution in [2.75, 3.05) is 5.73 Å². The van der Waals surface area contributed by atoms with Gasteiger partial charge in [-0.2, -0.15) is 0 Å². The molecule has 0 saturated heterocycles. The first kappa shape index (κ1) is 11.2. The topological polar surface area (TPSA) is 26.0 Å². The zero-order valence-electron chi connectivity index (χ0n) is 8.18. The number of nitrogens with two attached hydrogens (primary N) is 1. The first-order valence-electron chi connectivity index (χ1n) is 4.58. The van der Waals surface area contributed by atoms with Gasteiger partial charge in [-0.3, -0.25) is 0 Å². The standard InChI is InChI=1S/C12H8Cl2FN/c13-11-6-9(16)5-10(12(11)14)7-1-3-8(15)4-2-7/h1-6H,16H2. The van der Waals surface area contributed by atoms with Crippen molar-refractivity contribution in [3.63, 3.8) is 0 Å². The molecule has 0 fully saturated rings. The van der Waals surface area contributed by atoms with E-state index in [-0.39, 0.29) is 5.82 Å². The smallest absolute Gasteiger partial charge is 0.123 e. The lowest BCUT2D eigenvalue weighted by Gasteiger charge is -2.07. The molecular weight excluding hydrogens is 248 g/mol. The highest BCUT2D eigenvalue weighted by Crippen LogP contribution is 2.35. The van der Waals surface area contributed by atoms with Crippen LogP contribution in [0.4, 0.5) is 10.1 Å². The van der Waals surface area contributed by atoms with Crippen LogP contribution in [0.1, 0.15) is 0 Å². The van der Waals surface area contributed by atoms with E-state index in [0.717, 1.165) is 5.56 Å². The van der Waals surface area contributed by atoms with Crippen LogP contribution in [0.3, 0.4) is 0 Å². The maximum absolute atomic E-state index is 12.8. The van der Waals surface area contributed by atoms with Crippen LogP contribution in [-0.4, -0.2) is 0 Å². The molecule has 0 aliphatic rings. The third-order valence-corrected chi connectivity index (χ3v) is 3.01. The Balaban J connectivity index is 2.59. The average Bonchev–Trinajstić information content (AvgIpc) is 2.25. The van der Waals surface area contributed by atoms with Crippen LogP contribution in [0.5, 0.6) is 0 Å². The van der Waals surface area contributed by atoms with E-state index in [1.54, 1.807) is 24.3 Å². The van der Waals surface area contributed by atoms with Crippen molar-refractivity contribution in [1.29, 1.82) is 0 Å². The zero-order chi connectivity index (χ0) is 11.7. The predicted molar refractivity (Wildman–Crippen MR) is 66.3 cm³/mol. The number of rotatable bonds is 1. The Labute approximate surface area is 103 Å². The van der Waals surface area contributed by atoms with Crippen LogP contribution >= 0.6 is 23.2 Å². The second-order valence-electron chi connectivity index (χ2n) is 3.37. The summed E-state index contributed by atoms with van der Waals surface area (Å²) in [6.07, 6.45) is 0. The second-order valence-corrected chi connectivity index (χ2v) is 4.16. The molecule has 4 heteroatoms. The summed E-state index contributed by atoms with van der Waals surface area (Å²) in [5.74, 6) is -0.296. The van der Waals surface area contributed by atoms with Crippen LogP contribution < -0.4 is 5.73 Å². The van der Waals surface area contributed by atoms with Gasteiger partial charge in [0.25, 0.3) is 0 Å². The van der Waals surface area contributed by atoms with E-state index < -0.39 is 0 Å². The van der Waals surface area contributed by atoms with Gasteiger partial charge >= 0.3 is 0 Å². The Morgan fingerprint density at radius 1 is 1.00 bits per heavy atom. The van der Waals surface area contributed by atoms with Crippen LogP contribution in [0.2, 0.25) is 10.0 Å². The Hall–Kier alpha value is -1.25. The van der Waals surface area contributed by atoms with Gasteiger partial charge in [-0.15, -0.1) is 0 Å². The third-order valence-electron chi connectivity index (χ3n) is 2.21. The Morgan fingerprint density at radius 2 is 1.62 bits per heavy atom. The van der Waals surface area contributed by atoms with Gasteiger partial charge in [-0.25, -0.2) is 4.39 Å². The summed E-state index contributed by atoms with van der Waals surface area (Å²) in [5, 5.41) is 0.809. The molecule has 0 radical (unpaired) electrons. The van der Waals surface area contributed by atoms with Crippen molar-refractivity contribution in [1.82, 2.24) is 0 Å². The molecule has 2 aromatic rings. The lowest BCUT2D eigenvalue weighted by atomic mass is 10.1. The van der Waals surface area contributed by atoms with E-state index in [1.165, 1.54) is 12.1 Å². The Kier molecular flexibility index (Phi) is 3.03. The minimum Gasteiger partial charge on any atom is -0.399 e. The molecule has 0 aliphatic heterocycles. The van der Waals surface area contributed by atoms with E-state index in [9.17, 15) is 4.39 Å². The number of halogens is 3. The predicted octanol–water partition coefficient (Wildman–Crippen LogP) is 4.38. The number of hydrogen-bond acceptors (Lipinski definition) is 1. The van der Waals surface area contributed by atoms with E-state index in [0.29, 0.717) is 21.3 Å². The molecule has 0 atom stereocenters. The first-order chi connectivity index (χ1) is 7.58. The number of anilines is 1. The largest absolute Gasteiger partial charge is 0.399 e. The summed E-state index contributed by atoms with van der Waals surface area (Å²) in [7, 11) is 0. The monoisotopic (exact) mass is 255 g/mol. The van der Waals surface area contributed by atoms with Crippen molar-refractivity contribution >= 4 is 28.9 Å². The van der Waals surface area contributed by atoms with Gasteiger partial charge in [0.15, 0.2) is 0 Å². The summed E-state index contributed by atoms with van der Waals surface area (Å²) in [6.45, 7) is 0. The molecule has 0 amide bonds. The van der Waals surface area contributed by atoms with Gasteiger partial charge < -0.3 is 5.73 Å². The highest BCUT2D eigenvalue weighted by molar-refractivity contribution is 6.44. The fourth-order valence-electron chi connectivity index (χ4n) is 1.45. The third kappa shape index (κ3) is 2.13. The van der Waals surface area contributed by atoms with Gasteiger partial charge in [-0.1, -0.05) is 35.3 Å². The summed E-state index contributed by atoms with van der Waals surface area (Å²) in [6, 6.07) is 9.28. The number of hydrogen-bond donors (Lipinski definition) is 1. The van der Waals surface area contributed by atoms with Crippen molar-refractivity contribution in [3.05, 3.63) is 52.3 Å². The molecule has 0 spiro atoms. The van der Waals surface area contributed by atoms with E-state index in [2.05, 4.69) is 0 Å². The molecular formula is C12H8Cl2FN. The minimum atomic E-state index is -0.296. The van der Waals surface area contributed by atoms with Crippen molar-refractivity contribution in [2.24, 2.45) is 0 Å². The number of nitrogen functional groups attached to an aromatic ring is 1. The minimum absolute atomic E-state index is 0.296. The first-order valence-corrected chi connectivity index (χ1v) is 5.34. The molecule has 2 N–H and O–H groups in total. The van der Waals surface area contributed by atoms with Gasteiger partial charge in [0.2, 0.25) is 0 Å². The molecule has 0 saturated carbocycles. The fourth-order valence-corrected chi connectivity index (χ4v) is 1.90. The zero-order valence-corrected chi connectivity index (χ0v) is 9.69. The lowest BCUT2D eigenvalue weighted by molar-refractivity contribution is 0.628. The molecule has 0 bridgehead atoms. The van der Waals surface area contributed by atoms with Gasteiger partial charge in [0.05, 0.1) is 10.0 Å². The summed E-state index contributed by atoms with van der Waals surface area (Å²) >= 11 is 12.0. The Morgan fingerprint density at radius 3 is 2.25 bits per heavy atom. The molecule has 2 aromatic carbocycles. The highest BCUT2D eigenvalue weighted by atomic mass is 35.5. The molecule has 0 unspecified atom stereocenters. The van der Waals surface area contributed by atoms with Crippen LogP contribution in [-0.2, 0) is 0 Å². The maximum atomic E-state index is 12.8. The molecule has 16 heavy (non-hydrogen) atoms. The van der Waals surface area contributed by atoms with E-state index in [4.69, 9.17) is 28.9 Å². The van der Waals surface area contributed by atoms with E-state index >= 15 is 0 Å². The van der Waals surface area contributed by atoms with Crippen molar-refractivity contribution < 1.29 is 4.39 Å². The molecule has 2 rings (SSSR count). The molecule has 1 nitrogen and oxygen atoms in total. The maximum Gasteiger partial charge on any atom is 0.123 e. The van der Waals surface area contributed by atoms with Crippen molar-refractivity contribution in [3.8, 4) is 11.1 Å². The molecule has 82 valence electrons. The summed E-state index contributed by atoms with van der Waals surface area (Å²) in [5.41, 5.74) is 7.68. The second kappa shape index (κ2) is 4.32. The van der Waals surface area contributed by atoms with Crippen LogP contribution in [0.15, 0.2) is 36.4 Å². The van der Waals surface area contributed by atoms with Gasteiger partial charge in [0.1, 0.15) is 5.82 Å². The normalized spacial score (nSPS) is 10.4. The quantitative estimate of drug-likeness (QED) is 0.752. The molecule has 0 heterocycles. The molecule has 0 aliphatic carbocycles. The van der Waals surface area contributed by atoms with Gasteiger partial charge in [-0.05, 0) is 29.8 Å². The van der Waals surface area contributed by atoms with Crippen LogP contribution in [0, 0.1) is 5.82 Å². The van der Waals surface area contributed by atoms with E-state index in [1.807, 2.05) is 0 Å². The summed E-state index contributed by atoms with van der Waals surface area (Å²) in [4.78, 5) is 0. The van der Waals surface area contributed by atoms with Crippen molar-refractivity contribution in [2.45, 2.75) is 0 Å². The molecule has 0 aromatic heterocycles.